The minimum absolute atomic E-state index is 0.419. The maximum atomic E-state index is 12.1. The van der Waals surface area contributed by atoms with Crippen LogP contribution in [0.5, 0.6) is 0 Å². The van der Waals surface area contributed by atoms with Crippen molar-refractivity contribution in [2.75, 3.05) is 19.8 Å². The summed E-state index contributed by atoms with van der Waals surface area (Å²) in [7, 11) is -2.96. The van der Waals surface area contributed by atoms with Gasteiger partial charge in [0.25, 0.3) is 5.45 Å². The zero-order valence-corrected chi connectivity index (χ0v) is 9.10. The Morgan fingerprint density at radius 3 is 2.38 bits per heavy atom. The number of hydrogen-bond acceptors (Lipinski definition) is 3. The molecule has 5 heteroatoms. The molecule has 1 N–H and O–H groups in total. The van der Waals surface area contributed by atoms with Gasteiger partial charge in [-0.15, -0.1) is 0 Å². The SMILES string of the molecule is CCOP(=O)(OCC)C1=[NH+]CCC1. The quantitative estimate of drug-likeness (QED) is 0.667. The first-order valence-corrected chi connectivity index (χ1v) is 6.26. The lowest BCUT2D eigenvalue weighted by molar-refractivity contribution is -0.445. The smallest absolute Gasteiger partial charge is 0.302 e. The van der Waals surface area contributed by atoms with E-state index in [4.69, 9.17) is 9.05 Å². The summed E-state index contributed by atoms with van der Waals surface area (Å²) in [5.74, 6) is 0. The summed E-state index contributed by atoms with van der Waals surface area (Å²) >= 11 is 0. The second-order valence-corrected chi connectivity index (χ2v) is 4.86. The van der Waals surface area contributed by atoms with Crippen LogP contribution in [0, 0.1) is 0 Å². The molecule has 0 atom stereocenters. The predicted molar refractivity (Wildman–Crippen MR) is 50.9 cm³/mol. The lowest BCUT2D eigenvalue weighted by atomic mass is 10.4. The van der Waals surface area contributed by atoms with Crippen LogP contribution in [0.2, 0.25) is 0 Å². The van der Waals surface area contributed by atoms with Crippen LogP contribution in [0.1, 0.15) is 26.7 Å². The minimum Gasteiger partial charge on any atom is -0.302 e. The highest BCUT2D eigenvalue weighted by Crippen LogP contribution is 2.49. The van der Waals surface area contributed by atoms with Crippen molar-refractivity contribution in [3.8, 4) is 0 Å². The molecule has 1 aliphatic rings. The number of rotatable bonds is 5. The third-order valence-corrected chi connectivity index (χ3v) is 4.09. The van der Waals surface area contributed by atoms with Crippen molar-refractivity contribution in [3.63, 3.8) is 0 Å². The standard InChI is InChI=1S/C8H16NO3P/c1-3-11-13(10,12-4-2)8-6-5-7-9-8/h3-7H2,1-2H3/p+1. The molecular formula is C8H17NO3P+. The lowest BCUT2D eigenvalue weighted by Crippen LogP contribution is -2.69. The molecule has 1 aliphatic heterocycles. The zero-order chi connectivity index (χ0) is 9.73. The molecule has 1 rings (SSSR count). The van der Waals surface area contributed by atoms with E-state index in [0.29, 0.717) is 13.2 Å². The van der Waals surface area contributed by atoms with Gasteiger partial charge in [-0.05, 0) is 13.8 Å². The second-order valence-electron chi connectivity index (χ2n) is 2.81. The fourth-order valence-electron chi connectivity index (χ4n) is 1.34. The summed E-state index contributed by atoms with van der Waals surface area (Å²) in [5.41, 5.74) is 0.746. The first-order valence-electron chi connectivity index (χ1n) is 4.72. The van der Waals surface area contributed by atoms with E-state index in [1.54, 1.807) is 0 Å². The number of nitrogens with one attached hydrogen (secondary N) is 1. The van der Waals surface area contributed by atoms with E-state index in [1.165, 1.54) is 0 Å². The molecule has 0 aromatic heterocycles. The van der Waals surface area contributed by atoms with Gasteiger partial charge in [0.1, 0.15) is 6.54 Å². The maximum absolute atomic E-state index is 12.1. The van der Waals surface area contributed by atoms with Gasteiger partial charge in [0.15, 0.2) is 0 Å². The van der Waals surface area contributed by atoms with Crippen molar-refractivity contribution in [2.45, 2.75) is 26.7 Å². The Hall–Kier alpha value is -0.180. The molecule has 0 saturated heterocycles. The van der Waals surface area contributed by atoms with Crippen LogP contribution in [0.3, 0.4) is 0 Å². The molecule has 0 bridgehead atoms. The average Bonchev–Trinajstić information content (AvgIpc) is 2.57. The van der Waals surface area contributed by atoms with E-state index >= 15 is 0 Å². The summed E-state index contributed by atoms with van der Waals surface area (Å²) in [4.78, 5) is 3.07. The van der Waals surface area contributed by atoms with Crippen LogP contribution in [0.15, 0.2) is 0 Å². The Balaban J connectivity index is 2.70. The van der Waals surface area contributed by atoms with Gasteiger partial charge in [-0.2, -0.15) is 0 Å². The van der Waals surface area contributed by atoms with Crippen LogP contribution < -0.4 is 4.99 Å². The Kier molecular flexibility index (Phi) is 4.10. The van der Waals surface area contributed by atoms with Gasteiger partial charge in [-0.1, -0.05) is 0 Å². The van der Waals surface area contributed by atoms with Crippen molar-refractivity contribution in [1.29, 1.82) is 0 Å². The van der Waals surface area contributed by atoms with Crippen molar-refractivity contribution in [1.82, 2.24) is 0 Å². The summed E-state index contributed by atoms with van der Waals surface area (Å²) in [6.07, 6.45) is 1.82. The van der Waals surface area contributed by atoms with E-state index in [9.17, 15) is 4.57 Å². The molecule has 0 aromatic rings. The zero-order valence-electron chi connectivity index (χ0n) is 8.21. The first kappa shape index (κ1) is 10.9. The number of hydrogen-bond donors (Lipinski definition) is 1. The average molecular weight is 206 g/mol. The van der Waals surface area contributed by atoms with E-state index in [2.05, 4.69) is 4.99 Å². The molecule has 0 saturated carbocycles. The van der Waals surface area contributed by atoms with Gasteiger partial charge >= 0.3 is 7.60 Å². The Morgan fingerprint density at radius 1 is 1.38 bits per heavy atom. The van der Waals surface area contributed by atoms with Crippen LogP contribution in [0.4, 0.5) is 0 Å². The van der Waals surface area contributed by atoms with Gasteiger partial charge in [-0.3, -0.25) is 0 Å². The highest BCUT2D eigenvalue weighted by atomic mass is 31.2. The van der Waals surface area contributed by atoms with Crippen LogP contribution >= 0.6 is 7.60 Å². The third kappa shape index (κ3) is 2.63. The molecule has 1 heterocycles. The van der Waals surface area contributed by atoms with Gasteiger partial charge in [0, 0.05) is 12.8 Å². The van der Waals surface area contributed by atoms with Gasteiger partial charge < -0.3 is 9.05 Å². The third-order valence-electron chi connectivity index (χ3n) is 1.85. The van der Waals surface area contributed by atoms with E-state index in [-0.39, 0.29) is 0 Å². The molecule has 0 aromatic carbocycles. The van der Waals surface area contributed by atoms with Crippen LogP contribution in [-0.4, -0.2) is 25.2 Å². The summed E-state index contributed by atoms with van der Waals surface area (Å²) in [5, 5.41) is 0. The largest absolute Gasteiger partial charge is 0.419 e. The maximum Gasteiger partial charge on any atom is 0.419 e. The highest BCUT2D eigenvalue weighted by Gasteiger charge is 2.38. The van der Waals surface area contributed by atoms with Crippen LogP contribution in [0.25, 0.3) is 0 Å². The summed E-state index contributed by atoms with van der Waals surface area (Å²) in [6, 6.07) is 0. The predicted octanol–water partition coefficient (Wildman–Crippen LogP) is 0.525. The minimum atomic E-state index is -2.96. The van der Waals surface area contributed by atoms with E-state index < -0.39 is 7.60 Å². The van der Waals surface area contributed by atoms with E-state index in [0.717, 1.165) is 24.8 Å². The monoisotopic (exact) mass is 206 g/mol. The van der Waals surface area contributed by atoms with Crippen LogP contribution in [-0.2, 0) is 13.6 Å². The molecule has 76 valence electrons. The van der Waals surface area contributed by atoms with Gasteiger partial charge in [0.05, 0.1) is 13.2 Å². The molecular weight excluding hydrogens is 189 g/mol. The molecule has 13 heavy (non-hydrogen) atoms. The van der Waals surface area contributed by atoms with E-state index in [1.807, 2.05) is 13.8 Å². The lowest BCUT2D eigenvalue weighted by Gasteiger charge is -2.12. The topological polar surface area (TPSA) is 49.5 Å². The van der Waals surface area contributed by atoms with Gasteiger partial charge in [-0.25, -0.2) is 9.56 Å². The molecule has 0 amide bonds. The fraction of sp³-hybridized carbons (Fsp3) is 0.875. The highest BCUT2D eigenvalue weighted by molar-refractivity contribution is 7.71. The molecule has 0 fully saturated rings. The molecule has 4 nitrogen and oxygen atoms in total. The molecule has 0 unspecified atom stereocenters. The fourth-order valence-corrected chi connectivity index (χ4v) is 3.15. The summed E-state index contributed by atoms with van der Waals surface area (Å²) < 4.78 is 22.4. The van der Waals surface area contributed by atoms with Crippen molar-refractivity contribution in [3.05, 3.63) is 0 Å². The van der Waals surface area contributed by atoms with Crippen molar-refractivity contribution < 1.29 is 18.6 Å². The molecule has 0 radical (unpaired) electrons. The van der Waals surface area contributed by atoms with Gasteiger partial charge in [0.2, 0.25) is 0 Å². The summed E-state index contributed by atoms with van der Waals surface area (Å²) in [6.45, 7) is 5.35. The normalized spacial score (nSPS) is 17.5. The molecule has 0 aliphatic carbocycles. The Bertz CT molecular complexity index is 230. The Morgan fingerprint density at radius 2 is 2.00 bits per heavy atom. The second kappa shape index (κ2) is 4.89. The first-order chi connectivity index (χ1) is 6.23. The van der Waals surface area contributed by atoms with Crippen molar-refractivity contribution >= 4 is 13.0 Å². The molecule has 0 spiro atoms. The van der Waals surface area contributed by atoms with Crippen molar-refractivity contribution in [2.24, 2.45) is 0 Å². The Labute approximate surface area is 78.9 Å².